The van der Waals surface area contributed by atoms with Crippen LogP contribution < -0.4 is 10.5 Å². The normalized spacial score (nSPS) is 11.4. The molecule has 0 spiro atoms. The first kappa shape index (κ1) is 12.9. The van der Waals surface area contributed by atoms with Crippen LogP contribution in [0.25, 0.3) is 0 Å². The summed E-state index contributed by atoms with van der Waals surface area (Å²) in [4.78, 5) is 0.119. The number of hydrogen-bond donors (Lipinski definition) is 1. The predicted octanol–water partition coefficient (Wildman–Crippen LogP) is 2.31. The molecule has 4 nitrogen and oxygen atoms in total. The smallest absolute Gasteiger partial charge is 0.184 e. The zero-order chi connectivity index (χ0) is 13.2. The molecule has 1 heterocycles. The molecule has 6 heteroatoms. The molecule has 0 bridgehead atoms. The van der Waals surface area contributed by atoms with E-state index in [1.54, 1.807) is 18.2 Å². The van der Waals surface area contributed by atoms with Crippen molar-refractivity contribution in [3.8, 4) is 5.75 Å². The Morgan fingerprint density at radius 1 is 1.33 bits per heavy atom. The van der Waals surface area contributed by atoms with Crippen molar-refractivity contribution in [2.45, 2.75) is 10.6 Å². The molecule has 2 N–H and O–H groups in total. The van der Waals surface area contributed by atoms with E-state index < -0.39 is 9.84 Å². The SMILES string of the molecule is COc1ccc(N)c(S(=O)(=O)Cc2ccsc2)c1. The minimum Gasteiger partial charge on any atom is -0.497 e. The summed E-state index contributed by atoms with van der Waals surface area (Å²) in [6.07, 6.45) is 0. The van der Waals surface area contributed by atoms with Crippen molar-refractivity contribution in [2.75, 3.05) is 12.8 Å². The monoisotopic (exact) mass is 283 g/mol. The highest BCUT2D eigenvalue weighted by Crippen LogP contribution is 2.27. The van der Waals surface area contributed by atoms with E-state index in [2.05, 4.69) is 0 Å². The van der Waals surface area contributed by atoms with Crippen molar-refractivity contribution >= 4 is 26.9 Å². The largest absolute Gasteiger partial charge is 0.497 e. The van der Waals surface area contributed by atoms with E-state index in [4.69, 9.17) is 10.5 Å². The lowest BCUT2D eigenvalue weighted by Gasteiger charge is -2.08. The van der Waals surface area contributed by atoms with E-state index in [-0.39, 0.29) is 16.3 Å². The topological polar surface area (TPSA) is 69.4 Å². The molecule has 0 aliphatic rings. The number of sulfone groups is 1. The molecule has 2 rings (SSSR count). The third-order valence-corrected chi connectivity index (χ3v) is 4.96. The molecule has 2 aromatic rings. The summed E-state index contributed by atoms with van der Waals surface area (Å²) in [5, 5.41) is 3.66. The first-order valence-corrected chi connectivity index (χ1v) is 7.80. The summed E-state index contributed by atoms with van der Waals surface area (Å²) in [5.41, 5.74) is 6.73. The molecule has 0 amide bonds. The van der Waals surface area contributed by atoms with Gasteiger partial charge in [-0.15, -0.1) is 0 Å². The van der Waals surface area contributed by atoms with Gasteiger partial charge in [0.1, 0.15) is 5.75 Å². The Hall–Kier alpha value is -1.53. The third kappa shape index (κ3) is 2.65. The lowest BCUT2D eigenvalue weighted by Crippen LogP contribution is -2.07. The minimum atomic E-state index is -3.44. The minimum absolute atomic E-state index is 0.0478. The number of ether oxygens (including phenoxy) is 1. The molecule has 0 aliphatic carbocycles. The highest BCUT2D eigenvalue weighted by molar-refractivity contribution is 7.90. The summed E-state index contributed by atoms with van der Waals surface area (Å²) in [6.45, 7) is 0. The van der Waals surface area contributed by atoms with Gasteiger partial charge in [0.05, 0.1) is 23.4 Å². The summed E-state index contributed by atoms with van der Waals surface area (Å²) >= 11 is 1.47. The lowest BCUT2D eigenvalue weighted by molar-refractivity contribution is 0.413. The van der Waals surface area contributed by atoms with Gasteiger partial charge in [0, 0.05) is 6.07 Å². The average molecular weight is 283 g/mol. The Morgan fingerprint density at radius 2 is 2.11 bits per heavy atom. The second-order valence-electron chi connectivity index (χ2n) is 3.79. The number of nitrogen functional groups attached to an aromatic ring is 1. The van der Waals surface area contributed by atoms with Gasteiger partial charge in [-0.25, -0.2) is 8.42 Å². The van der Waals surface area contributed by atoms with E-state index in [1.807, 2.05) is 10.8 Å². The molecule has 0 unspecified atom stereocenters. The van der Waals surface area contributed by atoms with Crippen molar-refractivity contribution in [3.05, 3.63) is 40.6 Å². The fourth-order valence-electron chi connectivity index (χ4n) is 1.58. The molecule has 0 saturated carbocycles. The van der Waals surface area contributed by atoms with Crippen LogP contribution in [0.4, 0.5) is 5.69 Å². The fourth-order valence-corrected chi connectivity index (χ4v) is 3.85. The van der Waals surface area contributed by atoms with Crippen LogP contribution >= 0.6 is 11.3 Å². The predicted molar refractivity (Wildman–Crippen MR) is 72.6 cm³/mol. The first-order valence-electron chi connectivity index (χ1n) is 5.20. The molecule has 0 aliphatic heterocycles. The van der Waals surface area contributed by atoms with Crippen LogP contribution in [0.15, 0.2) is 39.9 Å². The van der Waals surface area contributed by atoms with Gasteiger partial charge in [0.25, 0.3) is 0 Å². The summed E-state index contributed by atoms with van der Waals surface area (Å²) in [6, 6.07) is 6.42. The van der Waals surface area contributed by atoms with Gasteiger partial charge in [0.2, 0.25) is 0 Å². The number of thiophene rings is 1. The van der Waals surface area contributed by atoms with Gasteiger partial charge >= 0.3 is 0 Å². The van der Waals surface area contributed by atoms with E-state index in [9.17, 15) is 8.42 Å². The van der Waals surface area contributed by atoms with Crippen molar-refractivity contribution in [1.82, 2.24) is 0 Å². The summed E-state index contributed by atoms with van der Waals surface area (Å²) in [7, 11) is -1.96. The lowest BCUT2D eigenvalue weighted by atomic mass is 10.3. The molecule has 1 aromatic carbocycles. The van der Waals surface area contributed by atoms with E-state index in [0.717, 1.165) is 5.56 Å². The number of nitrogens with two attached hydrogens (primary N) is 1. The van der Waals surface area contributed by atoms with E-state index in [1.165, 1.54) is 24.5 Å². The van der Waals surface area contributed by atoms with Gasteiger partial charge in [0.15, 0.2) is 9.84 Å². The highest BCUT2D eigenvalue weighted by atomic mass is 32.2. The molecule has 1 aromatic heterocycles. The summed E-state index contributed by atoms with van der Waals surface area (Å²) in [5.74, 6) is 0.432. The molecular formula is C12H13NO3S2. The third-order valence-electron chi connectivity index (χ3n) is 2.49. The average Bonchev–Trinajstić information content (AvgIpc) is 2.81. The number of hydrogen-bond acceptors (Lipinski definition) is 5. The van der Waals surface area contributed by atoms with Crippen molar-refractivity contribution in [3.63, 3.8) is 0 Å². The maximum Gasteiger partial charge on any atom is 0.184 e. The highest BCUT2D eigenvalue weighted by Gasteiger charge is 2.19. The van der Waals surface area contributed by atoms with Crippen LogP contribution in [0.1, 0.15) is 5.56 Å². The first-order chi connectivity index (χ1) is 8.53. The van der Waals surface area contributed by atoms with Gasteiger partial charge < -0.3 is 10.5 Å². The molecule has 0 fully saturated rings. The Labute approximate surface area is 110 Å². The maximum absolute atomic E-state index is 12.3. The van der Waals surface area contributed by atoms with Crippen LogP contribution in [0.3, 0.4) is 0 Å². The summed E-state index contributed by atoms with van der Waals surface area (Å²) < 4.78 is 29.5. The van der Waals surface area contributed by atoms with Crippen molar-refractivity contribution in [2.24, 2.45) is 0 Å². The molecule has 0 atom stereocenters. The molecule has 18 heavy (non-hydrogen) atoms. The van der Waals surface area contributed by atoms with Gasteiger partial charge in [-0.3, -0.25) is 0 Å². The quantitative estimate of drug-likeness (QED) is 0.874. The zero-order valence-corrected chi connectivity index (χ0v) is 11.4. The Morgan fingerprint density at radius 3 is 2.72 bits per heavy atom. The molecule has 0 saturated heterocycles. The molecule has 0 radical (unpaired) electrons. The Bertz CT molecular complexity index is 633. The number of benzene rings is 1. The van der Waals surface area contributed by atoms with Crippen molar-refractivity contribution in [1.29, 1.82) is 0 Å². The zero-order valence-electron chi connectivity index (χ0n) is 9.79. The second-order valence-corrected chi connectivity index (χ2v) is 6.53. The van der Waals surface area contributed by atoms with Crippen LogP contribution in [-0.4, -0.2) is 15.5 Å². The second kappa shape index (κ2) is 4.99. The fraction of sp³-hybridized carbons (Fsp3) is 0.167. The van der Waals surface area contributed by atoms with Crippen LogP contribution in [0.5, 0.6) is 5.75 Å². The number of rotatable bonds is 4. The molecular weight excluding hydrogens is 270 g/mol. The Balaban J connectivity index is 2.40. The number of methoxy groups -OCH3 is 1. The van der Waals surface area contributed by atoms with Crippen LogP contribution in [0, 0.1) is 0 Å². The standard InChI is InChI=1S/C12H13NO3S2/c1-16-10-2-3-11(13)12(6-10)18(14,15)8-9-4-5-17-7-9/h2-7H,8,13H2,1H3. The Kier molecular flexibility index (Phi) is 3.58. The molecule has 96 valence electrons. The van der Waals surface area contributed by atoms with Gasteiger partial charge in [-0.2, -0.15) is 11.3 Å². The van der Waals surface area contributed by atoms with Crippen LogP contribution in [0.2, 0.25) is 0 Å². The van der Waals surface area contributed by atoms with Gasteiger partial charge in [-0.1, -0.05) is 0 Å². The van der Waals surface area contributed by atoms with E-state index >= 15 is 0 Å². The van der Waals surface area contributed by atoms with E-state index in [0.29, 0.717) is 5.75 Å². The van der Waals surface area contributed by atoms with Crippen LogP contribution in [-0.2, 0) is 15.6 Å². The maximum atomic E-state index is 12.3. The van der Waals surface area contributed by atoms with Gasteiger partial charge in [-0.05, 0) is 34.5 Å². The van der Waals surface area contributed by atoms with Crippen molar-refractivity contribution < 1.29 is 13.2 Å². The number of anilines is 1.